The molecule has 0 fully saturated rings. The molecule has 0 aliphatic carbocycles. The molecule has 2 heterocycles. The molecule has 0 saturated heterocycles. The average Bonchev–Trinajstić information content (AvgIpc) is 2.95. The zero-order valence-corrected chi connectivity index (χ0v) is 14.4. The number of benzene rings is 1. The average molecular weight is 331 g/mol. The number of halogens is 1. The summed E-state index contributed by atoms with van der Waals surface area (Å²) >= 11 is 6.45. The van der Waals surface area contributed by atoms with Crippen LogP contribution in [0.3, 0.4) is 0 Å². The summed E-state index contributed by atoms with van der Waals surface area (Å²) in [4.78, 5) is 4.82. The lowest BCUT2D eigenvalue weighted by atomic mass is 10.1. The van der Waals surface area contributed by atoms with E-state index in [2.05, 4.69) is 4.40 Å². The normalized spacial score (nSPS) is 12.4. The van der Waals surface area contributed by atoms with E-state index in [1.54, 1.807) is 14.2 Å². The van der Waals surface area contributed by atoms with E-state index in [0.29, 0.717) is 11.5 Å². The van der Waals surface area contributed by atoms with Gasteiger partial charge in [0.25, 0.3) is 0 Å². The summed E-state index contributed by atoms with van der Waals surface area (Å²) in [5, 5.41) is -0.171. The molecular formula is C18H19ClN2O2. The molecule has 120 valence electrons. The Kier molecular flexibility index (Phi) is 4.18. The fourth-order valence-electron chi connectivity index (χ4n) is 2.80. The first-order chi connectivity index (χ1) is 11.1. The molecule has 1 aromatic carbocycles. The molecule has 0 radical (unpaired) electrons. The summed E-state index contributed by atoms with van der Waals surface area (Å²) in [6.45, 7) is 4.00. The van der Waals surface area contributed by atoms with Gasteiger partial charge in [-0.2, -0.15) is 0 Å². The lowest BCUT2D eigenvalue weighted by molar-refractivity contribution is 0.355. The van der Waals surface area contributed by atoms with Crippen molar-refractivity contribution in [2.45, 2.75) is 19.2 Å². The van der Waals surface area contributed by atoms with Gasteiger partial charge >= 0.3 is 0 Å². The smallest absolute Gasteiger partial charge is 0.161 e. The predicted octanol–water partition coefficient (Wildman–Crippen LogP) is 4.63. The van der Waals surface area contributed by atoms with Crippen LogP contribution in [0.4, 0.5) is 0 Å². The Morgan fingerprint density at radius 1 is 1.13 bits per heavy atom. The van der Waals surface area contributed by atoms with Crippen LogP contribution in [0, 0.1) is 6.92 Å². The fourth-order valence-corrected chi connectivity index (χ4v) is 3.01. The SMILES string of the molecule is COc1ccc(-c2nc3c(C)cccn3c2C(C)Cl)cc1OC. The van der Waals surface area contributed by atoms with E-state index in [4.69, 9.17) is 26.1 Å². The Balaban J connectivity index is 2.27. The number of fused-ring (bicyclic) bond motifs is 1. The van der Waals surface area contributed by atoms with E-state index in [9.17, 15) is 0 Å². The van der Waals surface area contributed by atoms with Gasteiger partial charge < -0.3 is 13.9 Å². The summed E-state index contributed by atoms with van der Waals surface area (Å²) in [6, 6.07) is 9.84. The van der Waals surface area contributed by atoms with E-state index in [1.807, 2.05) is 50.4 Å². The van der Waals surface area contributed by atoms with Gasteiger partial charge in [-0.05, 0) is 43.7 Å². The second-order valence-corrected chi connectivity index (χ2v) is 6.07. The van der Waals surface area contributed by atoms with Gasteiger partial charge in [-0.15, -0.1) is 11.6 Å². The van der Waals surface area contributed by atoms with Crippen LogP contribution in [0.1, 0.15) is 23.6 Å². The molecule has 0 bridgehead atoms. The standard InChI is InChI=1S/C18H19ClN2O2/c1-11-6-5-9-21-17(12(2)19)16(20-18(11)21)13-7-8-14(22-3)15(10-13)23-4/h5-10,12H,1-4H3. The third kappa shape index (κ3) is 2.63. The third-order valence-corrected chi connectivity index (χ3v) is 4.12. The molecule has 0 aliphatic rings. The van der Waals surface area contributed by atoms with Crippen molar-refractivity contribution in [1.82, 2.24) is 9.38 Å². The van der Waals surface area contributed by atoms with E-state index < -0.39 is 0 Å². The lowest BCUT2D eigenvalue weighted by Gasteiger charge is -2.11. The molecule has 5 heteroatoms. The quantitative estimate of drug-likeness (QED) is 0.654. The minimum absolute atomic E-state index is 0.171. The second kappa shape index (κ2) is 6.13. The van der Waals surface area contributed by atoms with E-state index in [0.717, 1.165) is 28.2 Å². The molecule has 3 aromatic rings. The van der Waals surface area contributed by atoms with Crippen LogP contribution in [-0.2, 0) is 0 Å². The minimum Gasteiger partial charge on any atom is -0.493 e. The minimum atomic E-state index is -0.171. The Bertz CT molecular complexity index is 856. The number of rotatable bonds is 4. The van der Waals surface area contributed by atoms with E-state index in [1.165, 1.54) is 0 Å². The van der Waals surface area contributed by atoms with Crippen LogP contribution in [0.15, 0.2) is 36.5 Å². The zero-order chi connectivity index (χ0) is 16.6. The van der Waals surface area contributed by atoms with Crippen molar-refractivity contribution in [3.63, 3.8) is 0 Å². The first kappa shape index (κ1) is 15.7. The van der Waals surface area contributed by atoms with Gasteiger partial charge in [-0.1, -0.05) is 6.07 Å². The molecule has 0 aliphatic heterocycles. The Hall–Kier alpha value is -2.20. The molecule has 0 spiro atoms. The highest BCUT2D eigenvalue weighted by Crippen LogP contribution is 2.37. The van der Waals surface area contributed by atoms with Crippen molar-refractivity contribution < 1.29 is 9.47 Å². The largest absolute Gasteiger partial charge is 0.493 e. The van der Waals surface area contributed by atoms with Crippen molar-refractivity contribution in [3.8, 4) is 22.8 Å². The van der Waals surface area contributed by atoms with Crippen LogP contribution in [0.5, 0.6) is 11.5 Å². The van der Waals surface area contributed by atoms with E-state index in [-0.39, 0.29) is 5.38 Å². The number of imidazole rings is 1. The molecule has 0 saturated carbocycles. The van der Waals surface area contributed by atoms with Crippen LogP contribution in [0.2, 0.25) is 0 Å². The Morgan fingerprint density at radius 3 is 2.52 bits per heavy atom. The summed E-state index contributed by atoms with van der Waals surface area (Å²) in [7, 11) is 3.25. The van der Waals surface area contributed by atoms with Gasteiger partial charge in [0, 0.05) is 11.8 Å². The number of hydrogen-bond acceptors (Lipinski definition) is 3. The first-order valence-electron chi connectivity index (χ1n) is 7.40. The number of ether oxygens (including phenoxy) is 2. The Morgan fingerprint density at radius 2 is 1.87 bits per heavy atom. The number of methoxy groups -OCH3 is 2. The summed E-state index contributed by atoms with van der Waals surface area (Å²) in [5.41, 5.74) is 4.81. The maximum Gasteiger partial charge on any atom is 0.161 e. The number of aryl methyl sites for hydroxylation is 1. The molecule has 0 N–H and O–H groups in total. The van der Waals surface area contributed by atoms with Crippen LogP contribution in [0.25, 0.3) is 16.9 Å². The maximum atomic E-state index is 6.45. The molecule has 1 atom stereocenters. The summed E-state index contributed by atoms with van der Waals surface area (Å²) in [5.74, 6) is 1.36. The van der Waals surface area contributed by atoms with Crippen LogP contribution < -0.4 is 9.47 Å². The number of aromatic nitrogens is 2. The molecule has 3 rings (SSSR count). The monoisotopic (exact) mass is 330 g/mol. The van der Waals surface area contributed by atoms with Crippen LogP contribution in [-0.4, -0.2) is 23.6 Å². The van der Waals surface area contributed by atoms with Gasteiger partial charge in [-0.25, -0.2) is 4.98 Å². The zero-order valence-electron chi connectivity index (χ0n) is 13.6. The first-order valence-corrected chi connectivity index (χ1v) is 7.84. The molecule has 0 amide bonds. The van der Waals surface area contributed by atoms with E-state index >= 15 is 0 Å². The topological polar surface area (TPSA) is 35.8 Å². The number of pyridine rings is 1. The number of hydrogen-bond donors (Lipinski definition) is 0. The van der Waals surface area contributed by atoms with Crippen molar-refractivity contribution in [2.24, 2.45) is 0 Å². The molecular weight excluding hydrogens is 312 g/mol. The number of nitrogens with zero attached hydrogens (tertiary/aromatic N) is 2. The van der Waals surface area contributed by atoms with Crippen molar-refractivity contribution in [1.29, 1.82) is 0 Å². The van der Waals surface area contributed by atoms with Crippen molar-refractivity contribution >= 4 is 17.2 Å². The summed E-state index contributed by atoms with van der Waals surface area (Å²) in [6.07, 6.45) is 1.99. The molecule has 4 nitrogen and oxygen atoms in total. The number of alkyl halides is 1. The highest BCUT2D eigenvalue weighted by molar-refractivity contribution is 6.20. The molecule has 1 unspecified atom stereocenters. The van der Waals surface area contributed by atoms with Crippen molar-refractivity contribution in [3.05, 3.63) is 47.8 Å². The van der Waals surface area contributed by atoms with Gasteiger partial charge in [0.15, 0.2) is 11.5 Å². The van der Waals surface area contributed by atoms with Gasteiger partial charge in [0.05, 0.1) is 31.0 Å². The molecule has 23 heavy (non-hydrogen) atoms. The summed E-state index contributed by atoms with van der Waals surface area (Å²) < 4.78 is 12.8. The predicted molar refractivity (Wildman–Crippen MR) is 92.7 cm³/mol. The van der Waals surface area contributed by atoms with Gasteiger partial charge in [0.1, 0.15) is 5.65 Å². The highest BCUT2D eigenvalue weighted by atomic mass is 35.5. The second-order valence-electron chi connectivity index (χ2n) is 5.42. The Labute approximate surface area is 140 Å². The van der Waals surface area contributed by atoms with Crippen LogP contribution >= 0.6 is 11.6 Å². The van der Waals surface area contributed by atoms with Gasteiger partial charge in [0.2, 0.25) is 0 Å². The van der Waals surface area contributed by atoms with Gasteiger partial charge in [-0.3, -0.25) is 0 Å². The lowest BCUT2D eigenvalue weighted by Crippen LogP contribution is -1.96. The fraction of sp³-hybridized carbons (Fsp3) is 0.278. The third-order valence-electron chi connectivity index (χ3n) is 3.92. The highest BCUT2D eigenvalue weighted by Gasteiger charge is 2.20. The maximum absolute atomic E-state index is 6.45. The molecule has 2 aromatic heterocycles. The van der Waals surface area contributed by atoms with Crippen molar-refractivity contribution in [2.75, 3.05) is 14.2 Å².